The molecule has 0 amide bonds. The van der Waals surface area contributed by atoms with Crippen LogP contribution >= 0.6 is 0 Å². The first-order valence-electron chi connectivity index (χ1n) is 13.9. The zero-order chi connectivity index (χ0) is 25.1. The van der Waals surface area contributed by atoms with E-state index in [2.05, 4.69) is 54.5 Å². The van der Waals surface area contributed by atoms with Gasteiger partial charge >= 0.3 is 5.97 Å². The predicted octanol–water partition coefficient (Wildman–Crippen LogP) is 6.20. The molecule has 9 unspecified atom stereocenters. The number of aliphatic hydroxyl groups excluding tert-OH is 2. The van der Waals surface area contributed by atoms with Crippen molar-refractivity contribution in [1.82, 2.24) is 0 Å². The fourth-order valence-electron chi connectivity index (χ4n) is 10.6. The summed E-state index contributed by atoms with van der Waals surface area (Å²) in [7, 11) is 0. The number of carbonyl (C=O) groups is 1. The van der Waals surface area contributed by atoms with Crippen LogP contribution in [0.3, 0.4) is 0 Å². The van der Waals surface area contributed by atoms with Crippen LogP contribution in [0.2, 0.25) is 0 Å². The Balaban J connectivity index is 1.63. The quantitative estimate of drug-likeness (QED) is 0.397. The molecule has 0 aromatic heterocycles. The van der Waals surface area contributed by atoms with Gasteiger partial charge in [-0.3, -0.25) is 4.79 Å². The maximum atomic E-state index is 12.8. The fourth-order valence-corrected chi connectivity index (χ4v) is 10.6. The summed E-state index contributed by atoms with van der Waals surface area (Å²) in [5, 5.41) is 33.4. The van der Waals surface area contributed by atoms with Gasteiger partial charge in [0, 0.05) is 5.41 Å². The minimum absolute atomic E-state index is 0.0626. The lowest BCUT2D eigenvalue weighted by molar-refractivity contribution is -0.244. The van der Waals surface area contributed by atoms with Crippen LogP contribution in [0.15, 0.2) is 11.6 Å². The number of hydrogen-bond acceptors (Lipinski definition) is 3. The summed E-state index contributed by atoms with van der Waals surface area (Å²) in [6.45, 7) is 16.2. The standard InChI is InChI=1S/C30H48O4/c1-25(2)12-14-30(24(33)34)15-13-28(6)18(19(30)17-25)8-9-20-27(5)11-10-22(31)26(3,4)21(27)16-23(32)29(20,28)7/h8,19-23,31-32H,9-17H2,1-7H3,(H,33,34). The number of carboxylic acids is 1. The van der Waals surface area contributed by atoms with Crippen molar-refractivity contribution in [2.24, 2.45) is 50.2 Å². The van der Waals surface area contributed by atoms with Crippen LogP contribution in [0.1, 0.15) is 106 Å². The maximum Gasteiger partial charge on any atom is 0.310 e. The molecular weight excluding hydrogens is 424 g/mol. The molecule has 192 valence electrons. The van der Waals surface area contributed by atoms with E-state index < -0.39 is 17.5 Å². The van der Waals surface area contributed by atoms with E-state index in [0.29, 0.717) is 5.92 Å². The van der Waals surface area contributed by atoms with Gasteiger partial charge in [0.1, 0.15) is 0 Å². The van der Waals surface area contributed by atoms with Gasteiger partial charge in [-0.05, 0) is 97.2 Å². The summed E-state index contributed by atoms with van der Waals surface area (Å²) in [4.78, 5) is 12.8. The van der Waals surface area contributed by atoms with Crippen LogP contribution in [0, 0.1) is 50.2 Å². The van der Waals surface area contributed by atoms with Crippen molar-refractivity contribution in [3.05, 3.63) is 11.6 Å². The predicted molar refractivity (Wildman–Crippen MR) is 134 cm³/mol. The highest BCUT2D eigenvalue weighted by Gasteiger charge is 2.71. The van der Waals surface area contributed by atoms with E-state index in [1.54, 1.807) is 0 Å². The number of allylic oxidation sites excluding steroid dienone is 2. The van der Waals surface area contributed by atoms with Gasteiger partial charge in [0.25, 0.3) is 0 Å². The molecule has 0 bridgehead atoms. The molecule has 5 aliphatic rings. The Bertz CT molecular complexity index is 919. The Hall–Kier alpha value is -0.870. The third-order valence-corrected chi connectivity index (χ3v) is 13.1. The van der Waals surface area contributed by atoms with Crippen molar-refractivity contribution in [3.8, 4) is 0 Å². The summed E-state index contributed by atoms with van der Waals surface area (Å²) >= 11 is 0. The van der Waals surface area contributed by atoms with Crippen molar-refractivity contribution >= 4 is 5.97 Å². The molecule has 0 aromatic rings. The molecule has 34 heavy (non-hydrogen) atoms. The van der Waals surface area contributed by atoms with Crippen molar-refractivity contribution in [2.45, 2.75) is 118 Å². The molecule has 0 spiro atoms. The largest absolute Gasteiger partial charge is 0.481 e. The van der Waals surface area contributed by atoms with E-state index in [1.165, 1.54) is 5.57 Å². The second-order valence-corrected chi connectivity index (χ2v) is 15.1. The van der Waals surface area contributed by atoms with Crippen molar-refractivity contribution in [2.75, 3.05) is 0 Å². The second-order valence-electron chi connectivity index (χ2n) is 15.1. The third-order valence-electron chi connectivity index (χ3n) is 13.1. The molecule has 0 radical (unpaired) electrons. The van der Waals surface area contributed by atoms with Crippen LogP contribution in [-0.2, 0) is 4.79 Å². The lowest BCUT2D eigenvalue weighted by Crippen LogP contribution is -2.69. The Morgan fingerprint density at radius 2 is 1.53 bits per heavy atom. The van der Waals surface area contributed by atoms with Gasteiger partial charge in [-0.1, -0.05) is 60.1 Å². The molecule has 0 aromatic carbocycles. The molecule has 4 nitrogen and oxygen atoms in total. The summed E-state index contributed by atoms with van der Waals surface area (Å²) < 4.78 is 0. The van der Waals surface area contributed by atoms with Crippen LogP contribution in [0.25, 0.3) is 0 Å². The zero-order valence-electron chi connectivity index (χ0n) is 22.6. The first-order valence-corrected chi connectivity index (χ1v) is 13.9. The normalized spacial score (nSPS) is 53.4. The molecule has 4 saturated carbocycles. The average molecular weight is 473 g/mol. The molecule has 4 heteroatoms. The summed E-state index contributed by atoms with van der Waals surface area (Å²) in [5.41, 5.74) is 0.226. The Labute approximate surface area is 206 Å². The molecule has 0 heterocycles. The molecule has 4 fully saturated rings. The Kier molecular flexibility index (Phi) is 5.20. The van der Waals surface area contributed by atoms with Gasteiger partial charge in [-0.2, -0.15) is 0 Å². The highest BCUT2D eigenvalue weighted by molar-refractivity contribution is 5.76. The lowest BCUT2D eigenvalue weighted by atomic mass is 9.33. The van der Waals surface area contributed by atoms with Crippen LogP contribution in [-0.4, -0.2) is 33.5 Å². The van der Waals surface area contributed by atoms with Gasteiger partial charge in [0.2, 0.25) is 0 Å². The topological polar surface area (TPSA) is 77.8 Å². The number of rotatable bonds is 1. The van der Waals surface area contributed by atoms with E-state index in [1.807, 2.05) is 0 Å². The number of aliphatic carboxylic acids is 1. The third kappa shape index (κ3) is 2.82. The first kappa shape index (κ1) is 24.8. The number of aliphatic hydroxyl groups is 2. The number of hydrogen-bond donors (Lipinski definition) is 3. The van der Waals surface area contributed by atoms with Crippen molar-refractivity contribution < 1.29 is 20.1 Å². The van der Waals surface area contributed by atoms with Gasteiger partial charge in [0.05, 0.1) is 17.6 Å². The SMILES string of the molecule is CC1(C)CCC2(C(=O)O)CCC3(C)C(=CCC4C5(C)CCC(O)C(C)(C)C5CC(O)C43C)C2C1. The van der Waals surface area contributed by atoms with Crippen LogP contribution in [0.5, 0.6) is 0 Å². The lowest BCUT2D eigenvalue weighted by Gasteiger charge is -2.72. The highest BCUT2D eigenvalue weighted by Crippen LogP contribution is 2.75. The Morgan fingerprint density at radius 1 is 0.882 bits per heavy atom. The summed E-state index contributed by atoms with van der Waals surface area (Å²) in [6.07, 6.45) is 9.41. The number of fused-ring (bicyclic) bond motifs is 7. The van der Waals surface area contributed by atoms with Gasteiger partial charge < -0.3 is 15.3 Å². The maximum absolute atomic E-state index is 12.8. The van der Waals surface area contributed by atoms with E-state index in [4.69, 9.17) is 0 Å². The highest BCUT2D eigenvalue weighted by atomic mass is 16.4. The molecule has 3 N–H and O–H groups in total. The van der Waals surface area contributed by atoms with E-state index in [-0.39, 0.29) is 45.0 Å². The smallest absolute Gasteiger partial charge is 0.310 e. The van der Waals surface area contributed by atoms with E-state index in [9.17, 15) is 20.1 Å². The summed E-state index contributed by atoms with van der Waals surface area (Å²) in [5.74, 6) is 0.0731. The molecule has 5 aliphatic carbocycles. The number of carboxylic acid groups (broad SMARTS) is 1. The fraction of sp³-hybridized carbons (Fsp3) is 0.900. The molecule has 0 saturated heterocycles. The van der Waals surface area contributed by atoms with E-state index in [0.717, 1.165) is 57.8 Å². The van der Waals surface area contributed by atoms with Gasteiger partial charge in [0.15, 0.2) is 0 Å². The average Bonchev–Trinajstić information content (AvgIpc) is 2.74. The minimum Gasteiger partial charge on any atom is -0.481 e. The zero-order valence-corrected chi connectivity index (χ0v) is 22.6. The van der Waals surface area contributed by atoms with Crippen LogP contribution in [0.4, 0.5) is 0 Å². The van der Waals surface area contributed by atoms with Gasteiger partial charge in [-0.25, -0.2) is 0 Å². The van der Waals surface area contributed by atoms with E-state index >= 15 is 0 Å². The second kappa shape index (κ2) is 7.12. The van der Waals surface area contributed by atoms with Crippen molar-refractivity contribution in [3.63, 3.8) is 0 Å². The first-order chi connectivity index (χ1) is 15.6. The Morgan fingerprint density at radius 3 is 2.18 bits per heavy atom. The van der Waals surface area contributed by atoms with Gasteiger partial charge in [-0.15, -0.1) is 0 Å². The molecule has 5 rings (SSSR count). The molecular formula is C30H48O4. The van der Waals surface area contributed by atoms with Crippen LogP contribution < -0.4 is 0 Å². The summed E-state index contributed by atoms with van der Waals surface area (Å²) in [6, 6.07) is 0. The molecule has 0 aliphatic heterocycles. The minimum atomic E-state index is -0.646. The van der Waals surface area contributed by atoms with Crippen molar-refractivity contribution in [1.29, 1.82) is 0 Å². The molecule has 9 atom stereocenters. The monoisotopic (exact) mass is 472 g/mol.